The number of aromatic nitrogens is 4. The van der Waals surface area contributed by atoms with Gasteiger partial charge in [-0.1, -0.05) is 62.3 Å². The molecule has 4 aromatic rings. The number of hydrogen-bond acceptors (Lipinski definition) is 7. The molecule has 0 bridgehead atoms. The van der Waals surface area contributed by atoms with Crippen LogP contribution in [-0.2, 0) is 4.74 Å². The van der Waals surface area contributed by atoms with Crippen molar-refractivity contribution < 1.29 is 12.3 Å². The number of anilines is 1. The van der Waals surface area contributed by atoms with Crippen LogP contribution in [0.25, 0.3) is 34.1 Å². The molecule has 1 atom stereocenters. The number of fused-ring (bicyclic) bond motifs is 1. The third-order valence-corrected chi connectivity index (χ3v) is 7.94. The number of amides is 1. The van der Waals surface area contributed by atoms with E-state index in [0.717, 1.165) is 11.3 Å². The molecule has 4 heterocycles. The molecule has 3 aromatic heterocycles. The van der Waals surface area contributed by atoms with E-state index < -0.39 is 11.3 Å². The third kappa shape index (κ3) is 5.93. The number of nitrogens with zero attached hydrogens (tertiary/aromatic N) is 6. The lowest BCUT2D eigenvalue weighted by molar-refractivity contribution is 0.0218. The fourth-order valence-corrected chi connectivity index (χ4v) is 5.86. The maximum atomic E-state index is 14.2. The number of halogens is 1. The van der Waals surface area contributed by atoms with E-state index in [1.165, 1.54) is 10.6 Å². The van der Waals surface area contributed by atoms with Gasteiger partial charge in [0.25, 0.3) is 0 Å². The van der Waals surface area contributed by atoms with Gasteiger partial charge in [0.2, 0.25) is 0 Å². The summed E-state index contributed by atoms with van der Waals surface area (Å²) < 4.78 is 22.6. The van der Waals surface area contributed by atoms with Crippen LogP contribution in [0.2, 0.25) is 5.02 Å². The van der Waals surface area contributed by atoms with Crippen LogP contribution in [0, 0.1) is 6.92 Å². The lowest BCUT2D eigenvalue weighted by Crippen LogP contribution is -2.55. The van der Waals surface area contributed by atoms with E-state index in [0.29, 0.717) is 64.0 Å². The highest BCUT2D eigenvalue weighted by Gasteiger charge is 2.33. The molecule has 0 aliphatic carbocycles. The lowest BCUT2D eigenvalue weighted by Gasteiger charge is -2.41. The molecule has 44 heavy (non-hydrogen) atoms. The molecule has 0 radical (unpaired) electrons. The molecule has 1 amide bonds. The van der Waals surface area contributed by atoms with Gasteiger partial charge in [0.05, 0.1) is 30.2 Å². The first-order valence-corrected chi connectivity index (χ1v) is 15.1. The van der Waals surface area contributed by atoms with E-state index in [2.05, 4.69) is 9.97 Å². The maximum Gasteiger partial charge on any atom is 0.410 e. The van der Waals surface area contributed by atoms with E-state index in [4.69, 9.17) is 24.1 Å². The summed E-state index contributed by atoms with van der Waals surface area (Å²) in [6.45, 7) is 14.3. The van der Waals surface area contributed by atoms with Crippen LogP contribution in [0.5, 0.6) is 0 Å². The number of benzene rings is 1. The fraction of sp³-hybridized carbons (Fsp3) is 0.382. The highest BCUT2D eigenvalue weighted by molar-refractivity contribution is 6.34. The van der Waals surface area contributed by atoms with Crippen LogP contribution in [0.3, 0.4) is 0 Å². The minimum absolute atomic E-state index is 0.00245. The van der Waals surface area contributed by atoms with Gasteiger partial charge in [0, 0.05) is 37.4 Å². The minimum Gasteiger partial charge on any atom is -0.444 e. The van der Waals surface area contributed by atoms with Gasteiger partial charge in [-0.2, -0.15) is 4.98 Å². The summed E-state index contributed by atoms with van der Waals surface area (Å²) in [6.07, 6.45) is 2.77. The average molecular weight is 617 g/mol. The standard InChI is InChI=1S/C34H39ClN6O3/c1-9-23-12-10-11-13-24(23)28-26(35)18-25-30(40-17-16-39(19-22(40)5)33(43)44-34(6,7)8)38-32(42)41(31(25)37-28)29-21(4)14-15-36-27(29)20(2)3/h9-15,18,20,22H,1,16-17,19H2,2-8H3/t22-/m0/s1/i1D2. The molecule has 10 heteroatoms. The first-order chi connectivity index (χ1) is 21.7. The second-order valence-corrected chi connectivity index (χ2v) is 12.9. The summed E-state index contributed by atoms with van der Waals surface area (Å²) in [5.41, 5.74) is 3.03. The second-order valence-electron chi connectivity index (χ2n) is 12.5. The van der Waals surface area contributed by atoms with Gasteiger partial charge in [-0.3, -0.25) is 4.98 Å². The second kappa shape index (κ2) is 12.0. The molecule has 1 saturated heterocycles. The number of ether oxygens (including phenoxy) is 1. The summed E-state index contributed by atoms with van der Waals surface area (Å²) in [5, 5.41) is 0.892. The summed E-state index contributed by atoms with van der Waals surface area (Å²) in [4.78, 5) is 45.0. The highest BCUT2D eigenvalue weighted by Crippen LogP contribution is 2.36. The molecular formula is C34H39ClN6O3. The quantitative estimate of drug-likeness (QED) is 0.238. The molecule has 5 rings (SSSR count). The van der Waals surface area contributed by atoms with E-state index in [1.54, 1.807) is 23.2 Å². The number of carbonyl (C=O) groups excluding carboxylic acids is 1. The van der Waals surface area contributed by atoms with Gasteiger partial charge >= 0.3 is 11.8 Å². The predicted molar refractivity (Wildman–Crippen MR) is 177 cm³/mol. The molecule has 1 aliphatic rings. The monoisotopic (exact) mass is 616 g/mol. The zero-order valence-electron chi connectivity index (χ0n) is 28.2. The molecule has 1 fully saturated rings. The van der Waals surface area contributed by atoms with Crippen molar-refractivity contribution in [2.45, 2.75) is 66.0 Å². The summed E-state index contributed by atoms with van der Waals surface area (Å²) in [5.74, 6) is 0.427. The summed E-state index contributed by atoms with van der Waals surface area (Å²) >= 11 is 6.98. The van der Waals surface area contributed by atoms with Gasteiger partial charge in [-0.15, -0.1) is 0 Å². The predicted octanol–water partition coefficient (Wildman–Crippen LogP) is 7.02. The van der Waals surface area contributed by atoms with Crippen LogP contribution >= 0.6 is 11.6 Å². The zero-order chi connectivity index (χ0) is 33.5. The van der Waals surface area contributed by atoms with Gasteiger partial charge in [0.15, 0.2) is 5.65 Å². The van der Waals surface area contributed by atoms with Crippen LogP contribution in [0.1, 0.15) is 67.0 Å². The van der Waals surface area contributed by atoms with Crippen molar-refractivity contribution in [2.24, 2.45) is 0 Å². The number of carbonyl (C=O) groups is 1. The topological polar surface area (TPSA) is 93.5 Å². The Labute approximate surface area is 266 Å². The number of hydrogen-bond donors (Lipinski definition) is 0. The Morgan fingerprint density at radius 2 is 1.95 bits per heavy atom. The SMILES string of the molecule is [2H]C([2H])=Cc1ccccc1-c1nc2c(cc1Cl)c(N1CCN(C(=O)OC(C)(C)C)C[C@@H]1C)nc(=O)n2-c1c(C)ccnc1C(C)C. The normalized spacial score (nSPS) is 16.2. The fourth-order valence-electron chi connectivity index (χ4n) is 5.60. The van der Waals surface area contributed by atoms with Gasteiger partial charge in [-0.05, 0) is 63.8 Å². The highest BCUT2D eigenvalue weighted by atomic mass is 35.5. The van der Waals surface area contributed by atoms with Crippen LogP contribution < -0.4 is 10.6 Å². The molecule has 1 aliphatic heterocycles. The van der Waals surface area contributed by atoms with Crippen LogP contribution in [-0.4, -0.2) is 61.8 Å². The smallest absolute Gasteiger partial charge is 0.410 e. The molecule has 1 aromatic carbocycles. The molecule has 9 nitrogen and oxygen atoms in total. The first kappa shape index (κ1) is 28.5. The average Bonchev–Trinajstić information content (AvgIpc) is 2.96. The Hall–Kier alpha value is -4.24. The molecular weight excluding hydrogens is 576 g/mol. The lowest BCUT2D eigenvalue weighted by atomic mass is 10.0. The molecule has 230 valence electrons. The van der Waals surface area contributed by atoms with Gasteiger partial charge in [0.1, 0.15) is 11.4 Å². The van der Waals surface area contributed by atoms with E-state index in [-0.39, 0.29) is 24.6 Å². The van der Waals surface area contributed by atoms with Crippen molar-refractivity contribution >= 4 is 40.6 Å². The van der Waals surface area contributed by atoms with Crippen LogP contribution in [0.4, 0.5) is 10.6 Å². The van der Waals surface area contributed by atoms with Crippen molar-refractivity contribution in [2.75, 3.05) is 24.5 Å². The first-order valence-electron chi connectivity index (χ1n) is 15.7. The van der Waals surface area contributed by atoms with Crippen molar-refractivity contribution in [3.63, 3.8) is 0 Å². The Bertz CT molecular complexity index is 1900. The Kier molecular flexibility index (Phi) is 7.80. The van der Waals surface area contributed by atoms with E-state index in [9.17, 15) is 9.59 Å². The Morgan fingerprint density at radius 3 is 2.64 bits per heavy atom. The van der Waals surface area contributed by atoms with Crippen molar-refractivity contribution in [1.82, 2.24) is 24.4 Å². The minimum atomic E-state index is -0.615. The van der Waals surface area contributed by atoms with Gasteiger partial charge in [-0.25, -0.2) is 19.1 Å². The Balaban J connectivity index is 1.75. The molecule has 0 unspecified atom stereocenters. The van der Waals surface area contributed by atoms with Crippen molar-refractivity contribution in [3.8, 4) is 16.9 Å². The van der Waals surface area contributed by atoms with Crippen LogP contribution in [0.15, 0.2) is 53.9 Å². The molecule has 0 N–H and O–H groups in total. The van der Waals surface area contributed by atoms with Crippen molar-refractivity contribution in [3.05, 3.63) is 81.5 Å². The van der Waals surface area contributed by atoms with Crippen molar-refractivity contribution in [1.29, 1.82) is 0 Å². The number of pyridine rings is 2. The Morgan fingerprint density at radius 1 is 1.20 bits per heavy atom. The molecule has 0 spiro atoms. The number of rotatable bonds is 5. The largest absolute Gasteiger partial charge is 0.444 e. The third-order valence-electron chi connectivity index (χ3n) is 7.65. The zero-order valence-corrected chi connectivity index (χ0v) is 26.9. The molecule has 0 saturated carbocycles. The number of piperazine rings is 1. The summed E-state index contributed by atoms with van der Waals surface area (Å²) in [6, 6.07) is 10.7. The number of aryl methyl sites for hydroxylation is 1. The summed E-state index contributed by atoms with van der Waals surface area (Å²) in [7, 11) is 0. The maximum absolute atomic E-state index is 14.2. The van der Waals surface area contributed by atoms with E-state index >= 15 is 0 Å². The van der Waals surface area contributed by atoms with Gasteiger partial charge < -0.3 is 14.5 Å². The van der Waals surface area contributed by atoms with E-state index in [1.807, 2.05) is 77.6 Å².